The number of amides is 2. The third kappa shape index (κ3) is 6.07. The molecule has 10 heteroatoms. The maximum Gasteiger partial charge on any atom is 0.416 e. The minimum Gasteiger partial charge on any atom is -0.447 e. The number of aliphatic hydroxyl groups excluding tert-OH is 1. The maximum absolute atomic E-state index is 13.3. The van der Waals surface area contributed by atoms with Gasteiger partial charge in [0.1, 0.15) is 12.7 Å². The second-order valence-electron chi connectivity index (χ2n) is 8.07. The van der Waals surface area contributed by atoms with Crippen molar-refractivity contribution in [1.82, 2.24) is 4.90 Å². The molecule has 2 aliphatic heterocycles. The van der Waals surface area contributed by atoms with Crippen molar-refractivity contribution in [3.8, 4) is 0 Å². The molecular formula is C23H28BrNO8. The van der Waals surface area contributed by atoms with E-state index < -0.39 is 41.6 Å². The zero-order chi connectivity index (χ0) is 24.0. The molecule has 2 N–H and O–H groups in total. The summed E-state index contributed by atoms with van der Waals surface area (Å²) in [5.41, 5.74) is 0.945. The largest absolute Gasteiger partial charge is 0.447 e. The number of benzene rings is 1. The summed E-state index contributed by atoms with van der Waals surface area (Å²) in [7, 11) is 0. The van der Waals surface area contributed by atoms with Gasteiger partial charge in [-0.1, -0.05) is 37.3 Å². The number of nitrogens with zero attached hydrogens (tertiary/aromatic N) is 1. The molecule has 3 rings (SSSR count). The van der Waals surface area contributed by atoms with Crippen LogP contribution >= 0.6 is 15.9 Å². The van der Waals surface area contributed by atoms with Gasteiger partial charge in [0, 0.05) is 13.0 Å². The zero-order valence-corrected chi connectivity index (χ0v) is 19.9. The van der Waals surface area contributed by atoms with Crippen LogP contribution in [0.15, 0.2) is 40.9 Å². The Morgan fingerprint density at radius 1 is 1.30 bits per heavy atom. The van der Waals surface area contributed by atoms with Crippen LogP contribution in [0, 0.1) is 5.92 Å². The van der Waals surface area contributed by atoms with Crippen molar-refractivity contribution in [2.75, 3.05) is 26.4 Å². The van der Waals surface area contributed by atoms with E-state index in [9.17, 15) is 19.5 Å². The third-order valence-corrected chi connectivity index (χ3v) is 6.49. The number of ether oxygens (including phenoxy) is 3. The predicted molar refractivity (Wildman–Crippen MR) is 120 cm³/mol. The highest BCUT2D eigenvalue weighted by atomic mass is 79.9. The van der Waals surface area contributed by atoms with Gasteiger partial charge in [0.25, 0.3) is 0 Å². The van der Waals surface area contributed by atoms with Crippen molar-refractivity contribution in [3.05, 3.63) is 46.5 Å². The summed E-state index contributed by atoms with van der Waals surface area (Å²) in [5.74, 6) is -3.94. The minimum atomic E-state index is -1.81. The Balaban J connectivity index is 1.70. The molecule has 1 saturated heterocycles. The number of hydrogen-bond acceptors (Lipinski definition) is 8. The van der Waals surface area contributed by atoms with Gasteiger partial charge < -0.3 is 24.4 Å². The lowest BCUT2D eigenvalue weighted by Gasteiger charge is -2.37. The van der Waals surface area contributed by atoms with Gasteiger partial charge in [-0.3, -0.25) is 9.59 Å². The van der Waals surface area contributed by atoms with Gasteiger partial charge >= 0.3 is 6.09 Å². The molecule has 0 saturated carbocycles. The Bertz CT molecular complexity index is 892. The lowest BCUT2D eigenvalue weighted by molar-refractivity contribution is -0.217. The van der Waals surface area contributed by atoms with E-state index in [4.69, 9.17) is 19.3 Å². The molecule has 1 aromatic carbocycles. The summed E-state index contributed by atoms with van der Waals surface area (Å²) in [5, 5.41) is 19.7. The first-order valence-corrected chi connectivity index (χ1v) is 11.6. The molecule has 0 radical (unpaired) electrons. The van der Waals surface area contributed by atoms with Crippen molar-refractivity contribution in [3.63, 3.8) is 0 Å². The standard InChI is InChI=1S/C23H28BrNO8/c1-15(20-18(27)13-19(24)23(30,33-20)8-5-10-31-11-9-26)21(28)25-17(14-32-22(25)29)12-16-6-3-2-4-7-16/h2-4,6-7,13,15,17,20,26,30H,5,8-12,14H2,1H3/t15-,17-,20+,23+/m0/s1. The molecule has 1 aromatic rings. The number of cyclic esters (lactones) is 1. The number of hydrogen-bond donors (Lipinski definition) is 2. The molecule has 4 atom stereocenters. The van der Waals surface area contributed by atoms with Gasteiger partial charge in [-0.05, 0) is 40.4 Å². The predicted octanol–water partition coefficient (Wildman–Crippen LogP) is 1.94. The Hall–Kier alpha value is -2.11. The van der Waals surface area contributed by atoms with Crippen LogP contribution in [-0.4, -0.2) is 77.3 Å². The van der Waals surface area contributed by atoms with Crippen molar-refractivity contribution in [2.45, 2.75) is 44.1 Å². The van der Waals surface area contributed by atoms with Crippen molar-refractivity contribution in [1.29, 1.82) is 0 Å². The van der Waals surface area contributed by atoms with E-state index in [0.717, 1.165) is 10.5 Å². The summed E-state index contributed by atoms with van der Waals surface area (Å²) < 4.78 is 16.2. The van der Waals surface area contributed by atoms with Crippen LogP contribution in [0.4, 0.5) is 4.79 Å². The Kier molecular flexibility index (Phi) is 8.77. The maximum atomic E-state index is 13.3. The highest BCUT2D eigenvalue weighted by molar-refractivity contribution is 9.11. The molecule has 33 heavy (non-hydrogen) atoms. The molecule has 9 nitrogen and oxygen atoms in total. The van der Waals surface area contributed by atoms with Crippen molar-refractivity contribution < 1.29 is 38.8 Å². The van der Waals surface area contributed by atoms with Crippen molar-refractivity contribution >= 4 is 33.7 Å². The molecule has 2 heterocycles. The number of rotatable bonds is 10. The van der Waals surface area contributed by atoms with Crippen LogP contribution in [0.3, 0.4) is 0 Å². The number of imide groups is 1. The van der Waals surface area contributed by atoms with Gasteiger partial charge in [-0.2, -0.15) is 0 Å². The number of halogens is 1. The molecule has 2 amide bonds. The van der Waals surface area contributed by atoms with E-state index in [0.29, 0.717) is 12.8 Å². The fourth-order valence-electron chi connectivity index (χ4n) is 3.87. The molecule has 0 unspecified atom stereocenters. The summed E-state index contributed by atoms with van der Waals surface area (Å²) in [6.07, 6.45) is 0.0874. The number of ketones is 1. The molecule has 0 aliphatic carbocycles. The quantitative estimate of drug-likeness (QED) is 0.444. The third-order valence-electron chi connectivity index (χ3n) is 5.64. The lowest BCUT2D eigenvalue weighted by atomic mass is 9.93. The molecule has 180 valence electrons. The van der Waals surface area contributed by atoms with Gasteiger partial charge in [0.2, 0.25) is 5.91 Å². The monoisotopic (exact) mass is 525 g/mol. The van der Waals surface area contributed by atoms with Gasteiger partial charge in [-0.25, -0.2) is 9.69 Å². The van der Waals surface area contributed by atoms with Gasteiger partial charge in [0.05, 0.1) is 29.7 Å². The van der Waals surface area contributed by atoms with Crippen LogP contribution in [0.5, 0.6) is 0 Å². The summed E-state index contributed by atoms with van der Waals surface area (Å²) in [6.45, 7) is 1.91. The molecular weight excluding hydrogens is 498 g/mol. The van der Waals surface area contributed by atoms with E-state index in [-0.39, 0.29) is 37.3 Å². The van der Waals surface area contributed by atoms with Crippen molar-refractivity contribution in [2.24, 2.45) is 5.92 Å². The topological polar surface area (TPSA) is 123 Å². The van der Waals surface area contributed by atoms with E-state index in [1.165, 1.54) is 13.0 Å². The normalized spacial score (nSPS) is 26.2. The highest BCUT2D eigenvalue weighted by Gasteiger charge is 2.48. The van der Waals surface area contributed by atoms with Gasteiger partial charge in [0.15, 0.2) is 11.6 Å². The summed E-state index contributed by atoms with van der Waals surface area (Å²) >= 11 is 3.19. The smallest absolute Gasteiger partial charge is 0.416 e. The zero-order valence-electron chi connectivity index (χ0n) is 18.3. The van der Waals surface area contributed by atoms with E-state index >= 15 is 0 Å². The second-order valence-corrected chi connectivity index (χ2v) is 8.93. The number of carbonyl (C=O) groups excluding carboxylic acids is 3. The van der Waals surface area contributed by atoms with E-state index in [2.05, 4.69) is 15.9 Å². The lowest BCUT2D eigenvalue weighted by Crippen LogP contribution is -2.52. The minimum absolute atomic E-state index is 0.0644. The Labute approximate surface area is 200 Å². The summed E-state index contributed by atoms with van der Waals surface area (Å²) in [4.78, 5) is 39.3. The fraction of sp³-hybridized carbons (Fsp3) is 0.522. The highest BCUT2D eigenvalue weighted by Crippen LogP contribution is 2.36. The molecule has 0 spiro atoms. The Morgan fingerprint density at radius 2 is 2.03 bits per heavy atom. The molecule has 0 bridgehead atoms. The van der Waals surface area contributed by atoms with E-state index in [1.54, 1.807) is 0 Å². The average Bonchev–Trinajstić information content (AvgIpc) is 3.16. The first kappa shape index (κ1) is 25.5. The van der Waals surface area contributed by atoms with Crippen LogP contribution in [0.25, 0.3) is 0 Å². The Morgan fingerprint density at radius 3 is 2.73 bits per heavy atom. The van der Waals surface area contributed by atoms with Crippen LogP contribution < -0.4 is 0 Å². The first-order valence-electron chi connectivity index (χ1n) is 10.8. The van der Waals surface area contributed by atoms with Gasteiger partial charge in [-0.15, -0.1) is 0 Å². The van der Waals surface area contributed by atoms with Crippen LogP contribution in [0.2, 0.25) is 0 Å². The molecule has 2 aliphatic rings. The van der Waals surface area contributed by atoms with Crippen LogP contribution in [-0.2, 0) is 30.2 Å². The van der Waals surface area contributed by atoms with Crippen LogP contribution in [0.1, 0.15) is 25.3 Å². The number of aliphatic hydroxyl groups is 2. The molecule has 1 fully saturated rings. The fourth-order valence-corrected chi connectivity index (χ4v) is 4.38. The van der Waals surface area contributed by atoms with E-state index in [1.807, 2.05) is 30.3 Å². The summed E-state index contributed by atoms with van der Waals surface area (Å²) in [6, 6.07) is 8.91. The first-order chi connectivity index (χ1) is 15.8. The molecule has 0 aromatic heterocycles. The average molecular weight is 526 g/mol. The second kappa shape index (κ2) is 11.3. The number of carbonyl (C=O) groups is 3. The SMILES string of the molecule is C[C@H](C(=O)N1C(=O)OC[C@@H]1Cc1ccccc1)[C@H]1O[C@](O)(CCCOCCO)C(Br)=CC1=O.